The number of nitrogens with zero attached hydrogens (tertiary/aromatic N) is 1. The maximum atomic E-state index is 11.9. The molecule has 0 aliphatic rings. The first-order valence-electron chi connectivity index (χ1n) is 5.74. The van der Waals surface area contributed by atoms with Crippen LogP contribution in [0.2, 0.25) is 5.02 Å². The zero-order chi connectivity index (χ0) is 13.8. The van der Waals surface area contributed by atoms with Gasteiger partial charge in [-0.3, -0.25) is 4.79 Å². The highest BCUT2D eigenvalue weighted by Gasteiger charge is 2.14. The molecule has 0 fully saturated rings. The van der Waals surface area contributed by atoms with Gasteiger partial charge in [-0.2, -0.15) is 0 Å². The number of carbonyl (C=O) groups excluding carboxylic acids is 1. The van der Waals surface area contributed by atoms with E-state index in [2.05, 4.69) is 10.3 Å². The predicted octanol–water partition coefficient (Wildman–Crippen LogP) is 2.57. The summed E-state index contributed by atoms with van der Waals surface area (Å²) in [5.74, 6) is -0.239. The van der Waals surface area contributed by atoms with E-state index in [0.29, 0.717) is 14.9 Å². The third-order valence-electron chi connectivity index (χ3n) is 2.49. The summed E-state index contributed by atoms with van der Waals surface area (Å²) < 4.78 is 0. The van der Waals surface area contributed by atoms with Crippen LogP contribution in [0.3, 0.4) is 0 Å². The standard InChI is InChI=1S/C13H13ClN2O2S/c1-8(7-17)16-12(18)11-6-15-13(19-11)9-4-2-3-5-10(9)14/h2-6,8,17H,7H2,1H3,(H,16,18). The van der Waals surface area contributed by atoms with Gasteiger partial charge >= 0.3 is 0 Å². The van der Waals surface area contributed by atoms with E-state index in [0.717, 1.165) is 5.56 Å². The molecule has 2 N–H and O–H groups in total. The largest absolute Gasteiger partial charge is 0.394 e. The van der Waals surface area contributed by atoms with E-state index in [1.54, 1.807) is 13.0 Å². The minimum Gasteiger partial charge on any atom is -0.394 e. The van der Waals surface area contributed by atoms with Crippen LogP contribution < -0.4 is 5.32 Å². The number of rotatable bonds is 4. The van der Waals surface area contributed by atoms with Crippen molar-refractivity contribution in [2.75, 3.05) is 6.61 Å². The van der Waals surface area contributed by atoms with Crippen molar-refractivity contribution in [2.24, 2.45) is 0 Å². The van der Waals surface area contributed by atoms with Crippen molar-refractivity contribution in [3.63, 3.8) is 0 Å². The minimum absolute atomic E-state index is 0.0953. The van der Waals surface area contributed by atoms with Crippen LogP contribution in [-0.4, -0.2) is 28.6 Å². The molecule has 1 aromatic carbocycles. The maximum Gasteiger partial charge on any atom is 0.263 e. The van der Waals surface area contributed by atoms with Gasteiger partial charge in [-0.25, -0.2) is 4.98 Å². The summed E-state index contributed by atoms with van der Waals surface area (Å²) in [7, 11) is 0. The van der Waals surface area contributed by atoms with Gasteiger partial charge in [0.1, 0.15) is 9.88 Å². The van der Waals surface area contributed by atoms with Gasteiger partial charge in [-0.15, -0.1) is 11.3 Å². The molecule has 2 rings (SSSR count). The van der Waals surface area contributed by atoms with Crippen molar-refractivity contribution in [3.05, 3.63) is 40.4 Å². The summed E-state index contributed by atoms with van der Waals surface area (Å²) >= 11 is 7.36. The molecule has 19 heavy (non-hydrogen) atoms. The first-order chi connectivity index (χ1) is 9.11. The number of amides is 1. The van der Waals surface area contributed by atoms with Crippen molar-refractivity contribution < 1.29 is 9.90 Å². The van der Waals surface area contributed by atoms with Gasteiger partial charge in [0.15, 0.2) is 0 Å². The van der Waals surface area contributed by atoms with E-state index >= 15 is 0 Å². The van der Waals surface area contributed by atoms with Crippen LogP contribution in [0.1, 0.15) is 16.6 Å². The van der Waals surface area contributed by atoms with Crippen LogP contribution >= 0.6 is 22.9 Å². The topological polar surface area (TPSA) is 62.2 Å². The number of aliphatic hydroxyl groups excluding tert-OH is 1. The second-order valence-corrected chi connectivity index (χ2v) is 5.50. The molecule has 1 aromatic heterocycles. The number of hydrogen-bond acceptors (Lipinski definition) is 4. The number of carbonyl (C=O) groups is 1. The third kappa shape index (κ3) is 3.32. The number of halogens is 1. The molecule has 0 aliphatic carbocycles. The zero-order valence-electron chi connectivity index (χ0n) is 10.3. The Hall–Kier alpha value is -1.43. The van der Waals surface area contributed by atoms with Gasteiger partial charge in [0.05, 0.1) is 17.8 Å². The molecule has 0 saturated heterocycles. The molecule has 100 valence electrons. The van der Waals surface area contributed by atoms with Gasteiger partial charge < -0.3 is 10.4 Å². The van der Waals surface area contributed by atoms with E-state index in [1.165, 1.54) is 17.5 Å². The maximum absolute atomic E-state index is 11.9. The van der Waals surface area contributed by atoms with Crippen molar-refractivity contribution >= 4 is 28.8 Å². The SMILES string of the molecule is CC(CO)NC(=O)c1cnc(-c2ccccc2Cl)s1. The van der Waals surface area contributed by atoms with E-state index < -0.39 is 0 Å². The molecule has 0 spiro atoms. The second kappa shape index (κ2) is 6.14. The van der Waals surface area contributed by atoms with Crippen LogP contribution in [-0.2, 0) is 0 Å². The predicted molar refractivity (Wildman–Crippen MR) is 76.6 cm³/mol. The Morgan fingerprint density at radius 1 is 1.53 bits per heavy atom. The third-order valence-corrected chi connectivity index (χ3v) is 3.84. The van der Waals surface area contributed by atoms with Gasteiger partial charge in [0.25, 0.3) is 5.91 Å². The highest BCUT2D eigenvalue weighted by molar-refractivity contribution is 7.17. The van der Waals surface area contributed by atoms with Crippen LogP contribution in [0.4, 0.5) is 0 Å². The minimum atomic E-state index is -0.279. The van der Waals surface area contributed by atoms with Crippen molar-refractivity contribution in [1.82, 2.24) is 10.3 Å². The number of aromatic nitrogens is 1. The average Bonchev–Trinajstić information content (AvgIpc) is 2.88. The van der Waals surface area contributed by atoms with E-state index in [-0.39, 0.29) is 18.6 Å². The van der Waals surface area contributed by atoms with Gasteiger partial charge in [0.2, 0.25) is 0 Å². The Labute approximate surface area is 120 Å². The lowest BCUT2D eigenvalue weighted by atomic mass is 10.2. The van der Waals surface area contributed by atoms with E-state index in [1.807, 2.05) is 18.2 Å². The number of nitrogens with one attached hydrogen (secondary N) is 1. The van der Waals surface area contributed by atoms with Crippen LogP contribution in [0.15, 0.2) is 30.5 Å². The fourth-order valence-electron chi connectivity index (χ4n) is 1.48. The Bertz CT molecular complexity index is 586. The molecular formula is C13H13ClN2O2S. The molecular weight excluding hydrogens is 284 g/mol. The number of thiazole rings is 1. The van der Waals surface area contributed by atoms with Gasteiger partial charge in [-0.05, 0) is 13.0 Å². The Kier molecular flexibility index (Phi) is 4.52. The number of hydrogen-bond donors (Lipinski definition) is 2. The fraction of sp³-hybridized carbons (Fsp3) is 0.231. The second-order valence-electron chi connectivity index (χ2n) is 4.07. The normalized spacial score (nSPS) is 12.2. The Balaban J connectivity index is 2.20. The summed E-state index contributed by atoms with van der Waals surface area (Å²) in [6, 6.07) is 7.08. The van der Waals surface area contributed by atoms with Crippen LogP contribution in [0.25, 0.3) is 10.6 Å². The lowest BCUT2D eigenvalue weighted by Crippen LogP contribution is -2.34. The lowest BCUT2D eigenvalue weighted by molar-refractivity contribution is 0.0926. The molecule has 0 radical (unpaired) electrons. The molecule has 2 aromatic rings. The van der Waals surface area contributed by atoms with Crippen LogP contribution in [0.5, 0.6) is 0 Å². The first kappa shape index (κ1) is 14.0. The molecule has 1 amide bonds. The van der Waals surface area contributed by atoms with E-state index in [4.69, 9.17) is 16.7 Å². The highest BCUT2D eigenvalue weighted by Crippen LogP contribution is 2.30. The van der Waals surface area contributed by atoms with E-state index in [9.17, 15) is 4.79 Å². The highest BCUT2D eigenvalue weighted by atomic mass is 35.5. The lowest BCUT2D eigenvalue weighted by Gasteiger charge is -2.08. The van der Waals surface area contributed by atoms with Gasteiger partial charge in [0, 0.05) is 11.6 Å². The Morgan fingerprint density at radius 3 is 2.95 bits per heavy atom. The molecule has 1 atom stereocenters. The molecule has 1 heterocycles. The fourth-order valence-corrected chi connectivity index (χ4v) is 2.62. The van der Waals surface area contributed by atoms with Gasteiger partial charge in [-0.1, -0.05) is 29.8 Å². The zero-order valence-corrected chi connectivity index (χ0v) is 11.8. The first-order valence-corrected chi connectivity index (χ1v) is 6.93. The molecule has 1 unspecified atom stereocenters. The van der Waals surface area contributed by atoms with Crippen molar-refractivity contribution in [2.45, 2.75) is 13.0 Å². The molecule has 0 saturated carbocycles. The van der Waals surface area contributed by atoms with Crippen molar-refractivity contribution in [1.29, 1.82) is 0 Å². The smallest absolute Gasteiger partial charge is 0.263 e. The monoisotopic (exact) mass is 296 g/mol. The average molecular weight is 297 g/mol. The summed E-state index contributed by atoms with van der Waals surface area (Å²) in [4.78, 5) is 16.6. The van der Waals surface area contributed by atoms with Crippen LogP contribution in [0, 0.1) is 0 Å². The molecule has 6 heteroatoms. The number of aliphatic hydroxyl groups is 1. The Morgan fingerprint density at radius 2 is 2.26 bits per heavy atom. The summed E-state index contributed by atoms with van der Waals surface area (Å²) in [5.41, 5.74) is 0.809. The molecule has 0 aliphatic heterocycles. The number of benzene rings is 1. The van der Waals surface area contributed by atoms with Crippen molar-refractivity contribution in [3.8, 4) is 10.6 Å². The summed E-state index contributed by atoms with van der Waals surface area (Å²) in [6.07, 6.45) is 1.52. The quantitative estimate of drug-likeness (QED) is 0.911. The summed E-state index contributed by atoms with van der Waals surface area (Å²) in [6.45, 7) is 1.63. The summed E-state index contributed by atoms with van der Waals surface area (Å²) in [5, 5.41) is 12.9. The molecule has 0 bridgehead atoms. The molecule has 4 nitrogen and oxygen atoms in total.